The topological polar surface area (TPSA) is 77.6 Å². The first kappa shape index (κ1) is 19.4. The van der Waals surface area contributed by atoms with E-state index < -0.39 is 5.95 Å². The lowest BCUT2D eigenvalue weighted by atomic mass is 10.2. The van der Waals surface area contributed by atoms with Crippen LogP contribution >= 0.6 is 11.3 Å². The van der Waals surface area contributed by atoms with Gasteiger partial charge in [-0.15, -0.1) is 11.3 Å². The van der Waals surface area contributed by atoms with Gasteiger partial charge in [-0.2, -0.15) is 4.39 Å². The van der Waals surface area contributed by atoms with Gasteiger partial charge in [-0.25, -0.2) is 15.0 Å². The Labute approximate surface area is 184 Å². The molecular weight excluding hydrogens is 415 g/mol. The number of nitrogens with one attached hydrogen (secondary N) is 1. The average molecular weight is 438 g/mol. The third-order valence-electron chi connectivity index (χ3n) is 4.50. The Kier molecular flexibility index (Phi) is 5.66. The van der Waals surface area contributed by atoms with E-state index in [0.717, 1.165) is 0 Å². The van der Waals surface area contributed by atoms with E-state index in [1.807, 2.05) is 25.4 Å². The number of nitrogens with zero attached hydrogens (tertiary/aromatic N) is 5. The third kappa shape index (κ3) is 5.13. The summed E-state index contributed by atoms with van der Waals surface area (Å²) in [5.74, 6) is -0.858. The number of carbonyl (C=O) groups is 1. The molecule has 4 heterocycles. The number of thiazole rings is 1. The Morgan fingerprint density at radius 1 is 1.32 bits per heavy atom. The maximum Gasteiger partial charge on any atom is 0.274 e. The Morgan fingerprint density at radius 2 is 2.16 bits per heavy atom. The maximum absolute atomic E-state index is 13.3. The van der Waals surface area contributed by atoms with E-state index in [1.54, 1.807) is 45.7 Å². The summed E-state index contributed by atoms with van der Waals surface area (Å²) in [4.78, 5) is 24.9. The molecule has 0 saturated heterocycles. The average Bonchev–Trinajstić information content (AvgIpc) is 3.46. The molecule has 0 aliphatic carbocycles. The smallest absolute Gasteiger partial charge is 0.274 e. The normalized spacial score (nSPS) is 11.9. The molecule has 31 heavy (non-hydrogen) atoms. The van der Waals surface area contributed by atoms with E-state index in [4.69, 9.17) is 1.37 Å². The second-order valence-corrected chi connectivity index (χ2v) is 8.00. The predicted molar refractivity (Wildman–Crippen MR) is 119 cm³/mol. The van der Waals surface area contributed by atoms with Crippen LogP contribution in [-0.4, -0.2) is 30.0 Å². The molecule has 4 aromatic heterocycles. The van der Waals surface area contributed by atoms with Crippen molar-refractivity contribution >= 4 is 34.5 Å². The number of pyridine rings is 1. The number of amides is 1. The summed E-state index contributed by atoms with van der Waals surface area (Å²) in [6, 6.07) is 6.67. The van der Waals surface area contributed by atoms with E-state index in [1.165, 1.54) is 23.6 Å². The van der Waals surface area contributed by atoms with Crippen molar-refractivity contribution in [3.8, 4) is 0 Å². The number of rotatable bonds is 7. The van der Waals surface area contributed by atoms with Crippen LogP contribution in [0.25, 0.3) is 12.2 Å². The lowest BCUT2D eigenvalue weighted by Gasteiger charge is -2.09. The van der Waals surface area contributed by atoms with Gasteiger partial charge in [0.05, 0.1) is 17.7 Å². The van der Waals surface area contributed by atoms with E-state index >= 15 is 0 Å². The molecule has 1 amide bonds. The molecule has 158 valence electrons. The van der Waals surface area contributed by atoms with Gasteiger partial charge in [0.15, 0.2) is 5.13 Å². The highest BCUT2D eigenvalue weighted by atomic mass is 32.1. The van der Waals surface area contributed by atoms with Crippen molar-refractivity contribution in [2.75, 3.05) is 5.32 Å². The lowest BCUT2D eigenvalue weighted by Crippen LogP contribution is -2.17. The van der Waals surface area contributed by atoms with Crippen LogP contribution in [-0.2, 0) is 6.54 Å². The molecule has 0 unspecified atom stereocenters. The molecule has 0 radical (unpaired) electrons. The number of imidazole rings is 1. The highest BCUT2D eigenvalue weighted by Crippen LogP contribution is 2.19. The molecule has 4 rings (SSSR count). The van der Waals surface area contributed by atoms with Crippen LogP contribution in [0.4, 0.5) is 9.52 Å². The van der Waals surface area contributed by atoms with Crippen LogP contribution in [0.3, 0.4) is 0 Å². The number of carbonyl (C=O) groups excluding carboxylic acids is 1. The van der Waals surface area contributed by atoms with Crippen molar-refractivity contribution in [2.45, 2.75) is 26.4 Å². The molecule has 1 N–H and O–H groups in total. The number of hydrogen-bond donors (Lipinski definition) is 1. The second kappa shape index (κ2) is 9.05. The quantitative estimate of drug-likeness (QED) is 0.424. The minimum atomic E-state index is -0.557. The molecule has 0 spiro atoms. The van der Waals surface area contributed by atoms with Gasteiger partial charge in [0.1, 0.15) is 7.06 Å². The number of hydrogen-bond acceptors (Lipinski definition) is 5. The minimum Gasteiger partial charge on any atom is -0.339 e. The van der Waals surface area contributed by atoms with Crippen LogP contribution < -0.4 is 5.32 Å². The summed E-state index contributed by atoms with van der Waals surface area (Å²) in [6.45, 7) is 4.34. The van der Waals surface area contributed by atoms with Gasteiger partial charge < -0.3 is 9.13 Å². The first-order chi connectivity index (χ1) is 15.4. The summed E-state index contributed by atoms with van der Waals surface area (Å²) >= 11 is 1.31. The SMILES string of the molecule is [2H]c1nc(/C=C/c2csc(NC(=O)c3cccn3Cc3ccnc(F)c3)n2)cn1C(C)C. The van der Waals surface area contributed by atoms with Crippen molar-refractivity contribution in [2.24, 2.45) is 0 Å². The summed E-state index contributed by atoms with van der Waals surface area (Å²) in [6.07, 6.45) is 8.77. The van der Waals surface area contributed by atoms with Gasteiger partial charge in [-0.1, -0.05) is 0 Å². The molecule has 0 atom stereocenters. The van der Waals surface area contributed by atoms with Gasteiger partial charge in [0, 0.05) is 36.6 Å². The van der Waals surface area contributed by atoms with Crippen LogP contribution in [0.5, 0.6) is 0 Å². The van der Waals surface area contributed by atoms with E-state index in [-0.39, 0.29) is 18.3 Å². The molecule has 0 saturated carbocycles. The van der Waals surface area contributed by atoms with Crippen LogP contribution in [0, 0.1) is 5.95 Å². The van der Waals surface area contributed by atoms with Crippen molar-refractivity contribution in [3.63, 3.8) is 0 Å². The van der Waals surface area contributed by atoms with Gasteiger partial charge in [0.25, 0.3) is 5.91 Å². The molecule has 7 nitrogen and oxygen atoms in total. The van der Waals surface area contributed by atoms with Crippen molar-refractivity contribution in [1.29, 1.82) is 0 Å². The summed E-state index contributed by atoms with van der Waals surface area (Å²) in [5, 5.41) is 5.10. The van der Waals surface area contributed by atoms with Crippen LogP contribution in [0.2, 0.25) is 0 Å². The highest BCUT2D eigenvalue weighted by Gasteiger charge is 2.13. The highest BCUT2D eigenvalue weighted by molar-refractivity contribution is 7.14. The van der Waals surface area contributed by atoms with Crippen molar-refractivity contribution in [1.82, 2.24) is 24.1 Å². The second-order valence-electron chi connectivity index (χ2n) is 7.14. The summed E-state index contributed by atoms with van der Waals surface area (Å²) in [7, 11) is 0. The molecule has 0 fully saturated rings. The Hall–Kier alpha value is -3.59. The first-order valence-corrected chi connectivity index (χ1v) is 10.5. The van der Waals surface area contributed by atoms with Gasteiger partial charge in [0.2, 0.25) is 5.95 Å². The molecule has 0 bridgehead atoms. The standard InChI is InChI=1S/C22H21FN6OS/c1-15(2)29-12-17(25-14-29)5-6-18-13-31-22(26-18)27-21(30)19-4-3-9-28(19)11-16-7-8-24-20(23)10-16/h3-10,12-15H,11H2,1-2H3,(H,26,27,30)/b6-5+/i14D. The molecule has 4 aromatic rings. The van der Waals surface area contributed by atoms with E-state index in [0.29, 0.717) is 34.3 Å². The fourth-order valence-corrected chi connectivity index (χ4v) is 3.58. The van der Waals surface area contributed by atoms with Crippen molar-refractivity contribution < 1.29 is 10.6 Å². The Bertz CT molecular complexity index is 1270. The van der Waals surface area contributed by atoms with Gasteiger partial charge in [-0.05, 0) is 55.8 Å². The van der Waals surface area contributed by atoms with Crippen LogP contribution in [0.15, 0.2) is 54.5 Å². The largest absolute Gasteiger partial charge is 0.339 e. The zero-order valence-electron chi connectivity index (χ0n) is 18.0. The summed E-state index contributed by atoms with van der Waals surface area (Å²) in [5.41, 5.74) is 2.50. The third-order valence-corrected chi connectivity index (χ3v) is 5.27. The Balaban J connectivity index is 1.42. The monoisotopic (exact) mass is 437 g/mol. The first-order valence-electron chi connectivity index (χ1n) is 10.1. The van der Waals surface area contributed by atoms with E-state index in [9.17, 15) is 9.18 Å². The summed E-state index contributed by atoms with van der Waals surface area (Å²) < 4.78 is 24.7. The number of aromatic nitrogens is 5. The number of halogens is 1. The molecule has 0 aromatic carbocycles. The fourth-order valence-electron chi connectivity index (χ4n) is 2.91. The predicted octanol–water partition coefficient (Wildman–Crippen LogP) is 4.73. The molecule has 0 aliphatic rings. The zero-order chi connectivity index (χ0) is 22.7. The molecule has 9 heteroatoms. The van der Waals surface area contributed by atoms with Gasteiger partial charge in [-0.3, -0.25) is 10.1 Å². The lowest BCUT2D eigenvalue weighted by molar-refractivity contribution is 0.101. The van der Waals surface area contributed by atoms with Crippen LogP contribution in [0.1, 0.15) is 48.7 Å². The minimum absolute atomic E-state index is 0.162. The van der Waals surface area contributed by atoms with Crippen molar-refractivity contribution in [3.05, 3.63) is 83.1 Å². The van der Waals surface area contributed by atoms with E-state index in [2.05, 4.69) is 20.3 Å². The number of anilines is 1. The molecule has 0 aliphatic heterocycles. The molecular formula is C22H21FN6OS. The van der Waals surface area contributed by atoms with Gasteiger partial charge >= 0.3 is 0 Å². The maximum atomic E-state index is 13.3. The fraction of sp³-hybridized carbons (Fsp3) is 0.182. The Morgan fingerprint density at radius 3 is 2.94 bits per heavy atom. The zero-order valence-corrected chi connectivity index (χ0v) is 17.8.